The summed E-state index contributed by atoms with van der Waals surface area (Å²) < 4.78 is 5.23. The van der Waals surface area contributed by atoms with Crippen molar-refractivity contribution in [1.29, 1.82) is 0 Å². The zero-order valence-electron chi connectivity index (χ0n) is 11.7. The monoisotopic (exact) mass is 260 g/mol. The predicted octanol–water partition coefficient (Wildman–Crippen LogP) is 3.06. The molecule has 0 fully saturated rings. The summed E-state index contributed by atoms with van der Waals surface area (Å²) >= 11 is 0. The lowest BCUT2D eigenvalue weighted by Gasteiger charge is -2.29. The molecule has 1 atom stereocenters. The normalized spacial score (nSPS) is 21.9. The van der Waals surface area contributed by atoms with Crippen molar-refractivity contribution >= 4 is 11.4 Å². The Balaban J connectivity index is 2.52. The van der Waals surface area contributed by atoms with E-state index in [9.17, 15) is 9.90 Å². The molecule has 0 radical (unpaired) electrons. The van der Waals surface area contributed by atoms with Crippen molar-refractivity contribution in [2.24, 2.45) is 0 Å². The number of allylic oxidation sites excluding steroid dienone is 1. The van der Waals surface area contributed by atoms with Crippen LogP contribution >= 0.6 is 0 Å². The van der Waals surface area contributed by atoms with Gasteiger partial charge in [-0.05, 0) is 54.7 Å². The number of rotatable bonds is 4. The average molecular weight is 260 g/mol. The fourth-order valence-corrected chi connectivity index (χ4v) is 2.42. The van der Waals surface area contributed by atoms with Crippen LogP contribution in [0, 0.1) is 0 Å². The van der Waals surface area contributed by atoms with Crippen LogP contribution < -0.4 is 4.74 Å². The molecule has 0 aromatic heterocycles. The van der Waals surface area contributed by atoms with Crippen LogP contribution in [-0.4, -0.2) is 18.0 Å². The van der Waals surface area contributed by atoms with Crippen LogP contribution in [0.2, 0.25) is 0 Å². The van der Waals surface area contributed by atoms with Crippen molar-refractivity contribution in [3.63, 3.8) is 0 Å². The van der Waals surface area contributed by atoms with Gasteiger partial charge in [-0.25, -0.2) is 0 Å². The van der Waals surface area contributed by atoms with Gasteiger partial charge in [0.1, 0.15) is 11.4 Å². The van der Waals surface area contributed by atoms with Crippen LogP contribution in [0.5, 0.6) is 5.75 Å². The number of hydrogen-bond donors (Lipinski definition) is 1. The quantitative estimate of drug-likeness (QED) is 0.905. The number of ether oxygens (including phenoxy) is 1. The summed E-state index contributed by atoms with van der Waals surface area (Å²) in [6, 6.07) is 5.46. The molecule has 1 unspecified atom stereocenters. The molecule has 1 aromatic rings. The van der Waals surface area contributed by atoms with Gasteiger partial charge in [0.15, 0.2) is 5.78 Å². The van der Waals surface area contributed by atoms with Gasteiger partial charge >= 0.3 is 0 Å². The fraction of sp³-hybridized carbons (Fsp3) is 0.438. The molecule has 0 saturated heterocycles. The topological polar surface area (TPSA) is 46.5 Å². The molecule has 1 aliphatic carbocycles. The van der Waals surface area contributed by atoms with E-state index in [0.717, 1.165) is 36.1 Å². The Hall–Kier alpha value is -1.61. The minimum atomic E-state index is -1.43. The number of carbonyl (C=O) groups excluding carboxylic acids is 1. The van der Waals surface area contributed by atoms with Gasteiger partial charge < -0.3 is 9.84 Å². The van der Waals surface area contributed by atoms with Crippen molar-refractivity contribution in [2.45, 2.75) is 38.7 Å². The maximum Gasteiger partial charge on any atom is 0.191 e. The molecule has 0 amide bonds. The molecular formula is C16H20O3. The third-order valence-corrected chi connectivity index (χ3v) is 3.68. The first kappa shape index (κ1) is 13.8. The van der Waals surface area contributed by atoms with E-state index in [4.69, 9.17) is 4.74 Å². The molecule has 3 nitrogen and oxygen atoms in total. The predicted molar refractivity (Wildman–Crippen MR) is 75.1 cm³/mol. The Morgan fingerprint density at radius 3 is 2.74 bits per heavy atom. The molecule has 0 bridgehead atoms. The number of methoxy groups -OCH3 is 1. The van der Waals surface area contributed by atoms with Gasteiger partial charge in [-0.2, -0.15) is 0 Å². The molecule has 1 N–H and O–H groups in total. The van der Waals surface area contributed by atoms with Crippen LogP contribution in [0.15, 0.2) is 24.3 Å². The van der Waals surface area contributed by atoms with E-state index in [1.165, 1.54) is 0 Å². The molecular weight excluding hydrogens is 240 g/mol. The summed E-state index contributed by atoms with van der Waals surface area (Å²) in [5.74, 6) is 0.502. The Kier molecular flexibility index (Phi) is 3.76. The van der Waals surface area contributed by atoms with E-state index < -0.39 is 5.60 Å². The smallest absolute Gasteiger partial charge is 0.191 e. The van der Waals surface area contributed by atoms with Crippen molar-refractivity contribution in [2.75, 3.05) is 7.11 Å². The highest BCUT2D eigenvalue weighted by molar-refractivity contribution is 6.06. The van der Waals surface area contributed by atoms with Crippen molar-refractivity contribution in [3.05, 3.63) is 35.4 Å². The third kappa shape index (κ3) is 2.43. The van der Waals surface area contributed by atoms with Gasteiger partial charge in [0.2, 0.25) is 0 Å². The van der Waals surface area contributed by atoms with Crippen LogP contribution in [0.3, 0.4) is 0 Å². The first-order valence-corrected chi connectivity index (χ1v) is 6.67. The van der Waals surface area contributed by atoms with Crippen molar-refractivity contribution in [3.8, 4) is 5.75 Å². The number of unbranched alkanes of at least 4 members (excludes halogenated alkanes) is 1. The summed E-state index contributed by atoms with van der Waals surface area (Å²) in [6.45, 7) is 3.67. The van der Waals surface area contributed by atoms with E-state index >= 15 is 0 Å². The maximum absolute atomic E-state index is 12.0. The molecule has 0 spiro atoms. The second-order valence-electron chi connectivity index (χ2n) is 5.12. The van der Waals surface area contributed by atoms with Gasteiger partial charge in [0, 0.05) is 0 Å². The largest absolute Gasteiger partial charge is 0.497 e. The highest BCUT2D eigenvalue weighted by Crippen LogP contribution is 2.38. The molecule has 1 aromatic carbocycles. The molecule has 19 heavy (non-hydrogen) atoms. The van der Waals surface area contributed by atoms with E-state index in [0.29, 0.717) is 5.56 Å². The Bertz CT molecular complexity index is 527. The summed E-state index contributed by atoms with van der Waals surface area (Å²) in [4.78, 5) is 12.0. The highest BCUT2D eigenvalue weighted by Gasteiger charge is 2.37. The van der Waals surface area contributed by atoms with Crippen LogP contribution in [0.4, 0.5) is 0 Å². The number of benzene rings is 1. The summed E-state index contributed by atoms with van der Waals surface area (Å²) in [5, 5.41) is 10.4. The van der Waals surface area contributed by atoms with Gasteiger partial charge in [0.05, 0.1) is 7.11 Å². The lowest BCUT2D eigenvalue weighted by atomic mass is 9.78. The lowest BCUT2D eigenvalue weighted by Crippen LogP contribution is -2.34. The minimum absolute atomic E-state index is 0.240. The molecule has 0 aliphatic heterocycles. The van der Waals surface area contributed by atoms with Gasteiger partial charge in [-0.3, -0.25) is 4.79 Å². The van der Waals surface area contributed by atoms with Crippen molar-refractivity contribution in [1.82, 2.24) is 0 Å². The molecule has 1 aliphatic rings. The molecule has 102 valence electrons. The van der Waals surface area contributed by atoms with Crippen LogP contribution in [0.25, 0.3) is 5.57 Å². The third-order valence-electron chi connectivity index (χ3n) is 3.68. The average Bonchev–Trinajstić information content (AvgIpc) is 2.41. The SMILES string of the molecule is CCCCC1=CC(=O)C(C)(O)c2ccc(OC)cc21. The van der Waals surface area contributed by atoms with E-state index in [1.807, 2.05) is 6.07 Å². The summed E-state index contributed by atoms with van der Waals surface area (Å²) in [5.41, 5.74) is 1.16. The molecule has 3 heteroatoms. The van der Waals surface area contributed by atoms with E-state index in [-0.39, 0.29) is 5.78 Å². The zero-order valence-corrected chi connectivity index (χ0v) is 11.7. The van der Waals surface area contributed by atoms with Crippen LogP contribution in [-0.2, 0) is 10.4 Å². The van der Waals surface area contributed by atoms with Gasteiger partial charge in [-0.15, -0.1) is 0 Å². The number of hydrogen-bond acceptors (Lipinski definition) is 3. The zero-order chi connectivity index (χ0) is 14.0. The second-order valence-corrected chi connectivity index (χ2v) is 5.12. The Labute approximate surface area is 113 Å². The first-order chi connectivity index (χ1) is 9.00. The number of carbonyl (C=O) groups is 1. The maximum atomic E-state index is 12.0. The highest BCUT2D eigenvalue weighted by atomic mass is 16.5. The standard InChI is InChI=1S/C16H20O3/c1-4-5-6-11-9-15(17)16(2,18)14-8-7-12(19-3)10-13(11)14/h7-10,18H,4-6H2,1-3H3. The van der Waals surface area contributed by atoms with E-state index in [1.54, 1.807) is 32.2 Å². The number of aliphatic hydroxyl groups is 1. The van der Waals surface area contributed by atoms with Gasteiger partial charge in [-0.1, -0.05) is 19.4 Å². The van der Waals surface area contributed by atoms with Crippen LogP contribution in [0.1, 0.15) is 44.2 Å². The molecule has 2 rings (SSSR count). The number of ketones is 1. The summed E-state index contributed by atoms with van der Waals surface area (Å²) in [7, 11) is 1.61. The summed E-state index contributed by atoms with van der Waals surface area (Å²) in [6.07, 6.45) is 4.52. The molecule has 0 saturated carbocycles. The van der Waals surface area contributed by atoms with Gasteiger partial charge in [0.25, 0.3) is 0 Å². The number of fused-ring (bicyclic) bond motifs is 1. The van der Waals surface area contributed by atoms with Crippen molar-refractivity contribution < 1.29 is 14.6 Å². The van der Waals surface area contributed by atoms with E-state index in [2.05, 4.69) is 6.92 Å². The Morgan fingerprint density at radius 2 is 2.11 bits per heavy atom. The Morgan fingerprint density at radius 1 is 1.37 bits per heavy atom. The second kappa shape index (κ2) is 5.17. The fourth-order valence-electron chi connectivity index (χ4n) is 2.42. The first-order valence-electron chi connectivity index (χ1n) is 6.67. The minimum Gasteiger partial charge on any atom is -0.497 e. The molecule has 0 heterocycles. The lowest BCUT2D eigenvalue weighted by molar-refractivity contribution is -0.131.